The fourth-order valence-corrected chi connectivity index (χ4v) is 4.61. The number of amides is 2. The van der Waals surface area contributed by atoms with Crippen LogP contribution in [0.25, 0.3) is 10.9 Å². The van der Waals surface area contributed by atoms with E-state index in [1.807, 2.05) is 13.8 Å². The van der Waals surface area contributed by atoms with Gasteiger partial charge in [0.1, 0.15) is 11.4 Å². The Kier molecular flexibility index (Phi) is 4.83. The molecule has 2 aliphatic heterocycles. The van der Waals surface area contributed by atoms with Gasteiger partial charge in [0.25, 0.3) is 5.91 Å². The number of benzene rings is 1. The molecule has 166 valence electrons. The zero-order valence-electron chi connectivity index (χ0n) is 17.8. The fraction of sp³-hybridized carbons (Fsp3) is 0.476. The molecule has 1 aromatic carbocycles. The van der Waals surface area contributed by atoms with Crippen LogP contribution in [0.4, 0.5) is 21.6 Å². The first-order valence-electron chi connectivity index (χ1n) is 10.3. The number of rotatable bonds is 3. The quantitative estimate of drug-likeness (QED) is 0.544. The molecule has 0 unspecified atom stereocenters. The standard InChI is InChI=1S/C21H27FN6O3/c1-10(29)27-6-4-11(5-7-27)26-12-8-13-14(17(23)16(12)22)18(30)15(19(24)31)20-25-9-21(2,3)28(13)20/h8,11,25-26H,4-7,9,23H2,1-3H3,(H2,24,31). The maximum atomic E-state index is 15.2. The minimum Gasteiger partial charge on any atom is -0.396 e. The van der Waals surface area contributed by atoms with Crippen LogP contribution in [-0.4, -0.2) is 47.0 Å². The Bertz CT molecular complexity index is 1160. The topological polar surface area (TPSA) is 135 Å². The molecule has 0 radical (unpaired) electrons. The van der Waals surface area contributed by atoms with E-state index in [0.717, 1.165) is 0 Å². The molecule has 3 heterocycles. The average Bonchev–Trinajstić information content (AvgIpc) is 3.00. The predicted octanol–water partition coefficient (Wildman–Crippen LogP) is 1.41. The Hall–Kier alpha value is -3.30. The van der Waals surface area contributed by atoms with E-state index in [-0.39, 0.29) is 34.3 Å². The number of pyridine rings is 1. The van der Waals surface area contributed by atoms with E-state index in [1.165, 1.54) is 6.92 Å². The first-order chi connectivity index (χ1) is 14.5. The van der Waals surface area contributed by atoms with Crippen molar-refractivity contribution in [2.24, 2.45) is 5.73 Å². The highest BCUT2D eigenvalue weighted by molar-refractivity contribution is 6.05. The number of hydrogen-bond acceptors (Lipinski definition) is 6. The number of anilines is 3. The molecule has 10 heteroatoms. The van der Waals surface area contributed by atoms with Gasteiger partial charge in [0.2, 0.25) is 11.3 Å². The average molecular weight is 430 g/mol. The number of likely N-dealkylation sites (tertiary alicyclic amines) is 1. The first-order valence-corrected chi connectivity index (χ1v) is 10.3. The van der Waals surface area contributed by atoms with Crippen molar-refractivity contribution in [3.8, 4) is 0 Å². The van der Waals surface area contributed by atoms with Gasteiger partial charge in [0.05, 0.1) is 27.8 Å². The molecule has 0 saturated carbocycles. The SMILES string of the molecule is CC(=O)N1CCC(Nc2cc3c(c(N)c2F)c(=O)c(C(N)=O)c2n3C(C)(C)CN2)CC1. The lowest BCUT2D eigenvalue weighted by molar-refractivity contribution is -0.129. The van der Waals surface area contributed by atoms with Gasteiger partial charge >= 0.3 is 0 Å². The minimum absolute atomic E-state index is 0.0227. The number of nitrogens with two attached hydrogens (primary N) is 2. The Balaban J connectivity index is 1.85. The number of halogens is 1. The third-order valence-electron chi connectivity index (χ3n) is 6.27. The van der Waals surface area contributed by atoms with Crippen LogP contribution >= 0.6 is 0 Å². The molecular weight excluding hydrogens is 403 g/mol. The van der Waals surface area contributed by atoms with Crippen LogP contribution in [-0.2, 0) is 10.3 Å². The molecule has 0 spiro atoms. The van der Waals surface area contributed by atoms with Gasteiger partial charge in [-0.15, -0.1) is 0 Å². The molecule has 31 heavy (non-hydrogen) atoms. The number of carbonyl (C=O) groups excluding carboxylic acids is 2. The van der Waals surface area contributed by atoms with Crippen molar-refractivity contribution >= 4 is 39.9 Å². The van der Waals surface area contributed by atoms with Gasteiger partial charge in [-0.25, -0.2) is 4.39 Å². The van der Waals surface area contributed by atoms with Crippen LogP contribution in [0.5, 0.6) is 0 Å². The van der Waals surface area contributed by atoms with Gasteiger partial charge in [-0.3, -0.25) is 14.4 Å². The van der Waals surface area contributed by atoms with Gasteiger partial charge in [-0.1, -0.05) is 0 Å². The number of aromatic nitrogens is 1. The first kappa shape index (κ1) is 21.0. The van der Waals surface area contributed by atoms with Crippen LogP contribution in [0.1, 0.15) is 44.0 Å². The second kappa shape index (κ2) is 7.14. The van der Waals surface area contributed by atoms with Gasteiger partial charge in [0.15, 0.2) is 5.82 Å². The lowest BCUT2D eigenvalue weighted by atomic mass is 10.0. The lowest BCUT2D eigenvalue weighted by Gasteiger charge is -2.32. The summed E-state index contributed by atoms with van der Waals surface area (Å²) in [5, 5.41) is 6.24. The number of primary amides is 1. The van der Waals surface area contributed by atoms with Crippen molar-refractivity contribution < 1.29 is 14.0 Å². The number of carbonyl (C=O) groups is 2. The zero-order chi connectivity index (χ0) is 22.7. The van der Waals surface area contributed by atoms with E-state index >= 15 is 4.39 Å². The van der Waals surface area contributed by atoms with Crippen LogP contribution in [0.3, 0.4) is 0 Å². The molecule has 2 aromatic rings. The molecule has 2 amide bonds. The number of piperidine rings is 1. The Morgan fingerprint density at radius 1 is 1.29 bits per heavy atom. The highest BCUT2D eigenvalue weighted by Gasteiger charge is 2.36. The van der Waals surface area contributed by atoms with Crippen LogP contribution in [0.2, 0.25) is 0 Å². The molecule has 1 aromatic heterocycles. The van der Waals surface area contributed by atoms with Crippen LogP contribution < -0.4 is 27.5 Å². The third-order valence-corrected chi connectivity index (χ3v) is 6.27. The number of nitrogens with one attached hydrogen (secondary N) is 2. The smallest absolute Gasteiger partial charge is 0.256 e. The van der Waals surface area contributed by atoms with Crippen molar-refractivity contribution in [2.45, 2.75) is 45.2 Å². The summed E-state index contributed by atoms with van der Waals surface area (Å²) < 4.78 is 17.0. The molecule has 6 N–H and O–H groups in total. The lowest BCUT2D eigenvalue weighted by Crippen LogP contribution is -2.41. The van der Waals surface area contributed by atoms with E-state index < -0.39 is 22.7 Å². The predicted molar refractivity (Wildman–Crippen MR) is 118 cm³/mol. The summed E-state index contributed by atoms with van der Waals surface area (Å²) in [5.41, 5.74) is 10.5. The second-order valence-electron chi connectivity index (χ2n) is 8.89. The molecule has 1 saturated heterocycles. The minimum atomic E-state index is -0.889. The maximum absolute atomic E-state index is 15.2. The molecular formula is C21H27FN6O3. The van der Waals surface area contributed by atoms with E-state index in [9.17, 15) is 14.4 Å². The summed E-state index contributed by atoms with van der Waals surface area (Å²) in [6.45, 7) is 7.06. The Morgan fingerprint density at radius 3 is 2.52 bits per heavy atom. The molecule has 9 nitrogen and oxygen atoms in total. The molecule has 0 atom stereocenters. The Morgan fingerprint density at radius 2 is 1.94 bits per heavy atom. The van der Waals surface area contributed by atoms with E-state index in [4.69, 9.17) is 11.5 Å². The van der Waals surface area contributed by atoms with Crippen LogP contribution in [0, 0.1) is 5.82 Å². The van der Waals surface area contributed by atoms with Gasteiger partial charge in [-0.05, 0) is 32.8 Å². The number of nitrogen functional groups attached to an aromatic ring is 1. The number of hydrogen-bond donors (Lipinski definition) is 4. The van der Waals surface area contributed by atoms with Crippen molar-refractivity contribution in [1.82, 2.24) is 9.47 Å². The third kappa shape index (κ3) is 3.26. The van der Waals surface area contributed by atoms with Crippen molar-refractivity contribution in [2.75, 3.05) is 36.0 Å². The molecule has 1 fully saturated rings. The van der Waals surface area contributed by atoms with E-state index in [2.05, 4.69) is 10.6 Å². The summed E-state index contributed by atoms with van der Waals surface area (Å²) in [6.07, 6.45) is 1.34. The van der Waals surface area contributed by atoms with E-state index in [1.54, 1.807) is 15.5 Å². The highest BCUT2D eigenvalue weighted by Crippen LogP contribution is 2.38. The second-order valence-corrected chi connectivity index (χ2v) is 8.89. The largest absolute Gasteiger partial charge is 0.396 e. The zero-order valence-corrected chi connectivity index (χ0v) is 17.8. The summed E-state index contributed by atoms with van der Waals surface area (Å²) in [5.74, 6) is -1.28. The van der Waals surface area contributed by atoms with Gasteiger partial charge in [-0.2, -0.15) is 0 Å². The van der Waals surface area contributed by atoms with Crippen LogP contribution in [0.15, 0.2) is 10.9 Å². The van der Waals surface area contributed by atoms with Crippen molar-refractivity contribution in [3.63, 3.8) is 0 Å². The normalized spacial score (nSPS) is 18.0. The monoisotopic (exact) mass is 430 g/mol. The molecule has 4 rings (SSSR count). The fourth-order valence-electron chi connectivity index (χ4n) is 4.61. The van der Waals surface area contributed by atoms with Gasteiger partial charge in [0, 0.05) is 32.6 Å². The van der Waals surface area contributed by atoms with Gasteiger partial charge < -0.3 is 31.6 Å². The van der Waals surface area contributed by atoms with Crippen molar-refractivity contribution in [1.29, 1.82) is 0 Å². The molecule has 0 bridgehead atoms. The summed E-state index contributed by atoms with van der Waals surface area (Å²) >= 11 is 0. The summed E-state index contributed by atoms with van der Waals surface area (Å²) in [4.78, 5) is 38.4. The summed E-state index contributed by atoms with van der Waals surface area (Å²) in [7, 11) is 0. The summed E-state index contributed by atoms with van der Waals surface area (Å²) in [6, 6.07) is 1.53. The number of fused-ring (bicyclic) bond motifs is 3. The molecule has 0 aliphatic carbocycles. The Labute approximate surface area is 178 Å². The number of nitrogens with zero attached hydrogens (tertiary/aromatic N) is 2. The van der Waals surface area contributed by atoms with Crippen molar-refractivity contribution in [3.05, 3.63) is 27.7 Å². The van der Waals surface area contributed by atoms with E-state index in [0.29, 0.717) is 43.8 Å². The highest BCUT2D eigenvalue weighted by atomic mass is 19.1. The molecule has 2 aliphatic rings. The maximum Gasteiger partial charge on any atom is 0.256 e.